The Bertz CT molecular complexity index is 740. The minimum absolute atomic E-state index is 0.536. The Hall–Kier alpha value is -2.44. The molecule has 0 radical (unpaired) electrons. The van der Waals surface area contributed by atoms with Crippen molar-refractivity contribution in [3.8, 4) is 0 Å². The van der Waals surface area contributed by atoms with E-state index in [1.54, 1.807) is 13.0 Å². The van der Waals surface area contributed by atoms with E-state index in [0.29, 0.717) is 5.56 Å². The number of benzene rings is 2. The third-order valence-electron chi connectivity index (χ3n) is 4.12. The van der Waals surface area contributed by atoms with Crippen LogP contribution in [0, 0.1) is 0 Å². The van der Waals surface area contributed by atoms with E-state index in [4.69, 9.17) is 4.74 Å². The second-order valence-electron chi connectivity index (χ2n) is 5.50. The van der Waals surface area contributed by atoms with Crippen molar-refractivity contribution < 1.29 is 24.2 Å². The quantitative estimate of drug-likeness (QED) is 0.781. The standard InChI is InChI=1S/C18H21NO5/c1-18(24-3,17(22)19-15(11-20)16(21)23-2)14-10-6-8-12-7-4-5-9-13(12)14/h4-10,15,20H,11H2,1-3H3,(H,19,22). The van der Waals surface area contributed by atoms with E-state index in [2.05, 4.69) is 10.1 Å². The number of aliphatic hydroxyl groups excluding tert-OH is 1. The predicted molar refractivity (Wildman–Crippen MR) is 89.3 cm³/mol. The molecule has 6 nitrogen and oxygen atoms in total. The molecule has 2 N–H and O–H groups in total. The summed E-state index contributed by atoms with van der Waals surface area (Å²) in [6.07, 6.45) is 0. The maximum atomic E-state index is 12.8. The summed E-state index contributed by atoms with van der Waals surface area (Å²) in [6.45, 7) is 1.06. The Kier molecular flexibility index (Phi) is 5.54. The van der Waals surface area contributed by atoms with Crippen molar-refractivity contribution in [2.24, 2.45) is 0 Å². The van der Waals surface area contributed by atoms with Gasteiger partial charge in [-0.3, -0.25) is 4.79 Å². The summed E-state index contributed by atoms with van der Waals surface area (Å²) in [7, 11) is 2.62. The number of hydrogen-bond donors (Lipinski definition) is 2. The molecule has 0 aromatic heterocycles. The summed E-state index contributed by atoms with van der Waals surface area (Å²) < 4.78 is 10.1. The molecule has 128 valence electrons. The molecule has 24 heavy (non-hydrogen) atoms. The summed E-state index contributed by atoms with van der Waals surface area (Å²) in [5.74, 6) is -1.26. The number of amides is 1. The van der Waals surface area contributed by atoms with E-state index in [1.807, 2.05) is 36.4 Å². The summed E-state index contributed by atoms with van der Waals surface area (Å²) >= 11 is 0. The Labute approximate surface area is 140 Å². The molecule has 2 unspecified atom stereocenters. The van der Waals surface area contributed by atoms with Gasteiger partial charge in [0.25, 0.3) is 5.91 Å². The lowest BCUT2D eigenvalue weighted by atomic mass is 9.89. The van der Waals surface area contributed by atoms with E-state index in [0.717, 1.165) is 10.8 Å². The molecular weight excluding hydrogens is 310 g/mol. The Morgan fingerprint density at radius 2 is 1.83 bits per heavy atom. The molecule has 0 bridgehead atoms. The van der Waals surface area contributed by atoms with Crippen molar-refractivity contribution in [1.29, 1.82) is 0 Å². The maximum absolute atomic E-state index is 12.8. The molecule has 0 fully saturated rings. The molecule has 1 amide bonds. The minimum atomic E-state index is -1.33. The zero-order valence-electron chi connectivity index (χ0n) is 13.9. The van der Waals surface area contributed by atoms with Crippen molar-refractivity contribution in [2.45, 2.75) is 18.6 Å². The zero-order valence-corrected chi connectivity index (χ0v) is 13.9. The number of esters is 1. The first kappa shape index (κ1) is 17.9. The van der Waals surface area contributed by atoms with E-state index < -0.39 is 30.1 Å². The van der Waals surface area contributed by atoms with Gasteiger partial charge in [0.15, 0.2) is 11.6 Å². The van der Waals surface area contributed by atoms with E-state index in [-0.39, 0.29) is 0 Å². The molecule has 0 aliphatic rings. The number of ether oxygens (including phenoxy) is 2. The number of carbonyl (C=O) groups is 2. The fourth-order valence-electron chi connectivity index (χ4n) is 2.58. The maximum Gasteiger partial charge on any atom is 0.330 e. The van der Waals surface area contributed by atoms with Gasteiger partial charge < -0.3 is 19.9 Å². The molecular formula is C18H21NO5. The molecule has 0 aliphatic heterocycles. The zero-order chi connectivity index (χ0) is 17.7. The Morgan fingerprint density at radius 1 is 1.17 bits per heavy atom. The molecule has 2 aromatic rings. The SMILES string of the molecule is COC(=O)C(CO)NC(=O)C(C)(OC)c1cccc2ccccc12. The molecule has 2 rings (SSSR count). The van der Waals surface area contributed by atoms with Crippen LogP contribution in [0.1, 0.15) is 12.5 Å². The van der Waals surface area contributed by atoms with Crippen molar-refractivity contribution in [3.63, 3.8) is 0 Å². The fourth-order valence-corrected chi connectivity index (χ4v) is 2.58. The van der Waals surface area contributed by atoms with Crippen LogP contribution in [-0.2, 0) is 24.7 Å². The van der Waals surface area contributed by atoms with Gasteiger partial charge in [-0.2, -0.15) is 0 Å². The monoisotopic (exact) mass is 331 g/mol. The lowest BCUT2D eigenvalue weighted by Crippen LogP contribution is -2.52. The highest BCUT2D eigenvalue weighted by atomic mass is 16.5. The van der Waals surface area contributed by atoms with Crippen LogP contribution in [0.25, 0.3) is 10.8 Å². The predicted octanol–water partition coefficient (Wildman–Crippen LogP) is 1.35. The highest BCUT2D eigenvalue weighted by molar-refractivity contribution is 5.96. The van der Waals surface area contributed by atoms with Gasteiger partial charge in [-0.15, -0.1) is 0 Å². The summed E-state index contributed by atoms with van der Waals surface area (Å²) in [6, 6.07) is 12.1. The third kappa shape index (κ3) is 3.25. The first-order valence-electron chi connectivity index (χ1n) is 7.51. The first-order chi connectivity index (χ1) is 11.5. The van der Waals surface area contributed by atoms with Gasteiger partial charge in [-0.05, 0) is 17.7 Å². The highest BCUT2D eigenvalue weighted by Gasteiger charge is 2.38. The minimum Gasteiger partial charge on any atom is -0.467 e. The number of methoxy groups -OCH3 is 2. The van der Waals surface area contributed by atoms with Gasteiger partial charge in [-0.1, -0.05) is 42.5 Å². The first-order valence-corrected chi connectivity index (χ1v) is 7.51. The average molecular weight is 331 g/mol. The van der Waals surface area contributed by atoms with Gasteiger partial charge >= 0.3 is 5.97 Å². The van der Waals surface area contributed by atoms with Crippen LogP contribution in [0.2, 0.25) is 0 Å². The van der Waals surface area contributed by atoms with Crippen LogP contribution in [0.5, 0.6) is 0 Å². The third-order valence-corrected chi connectivity index (χ3v) is 4.12. The van der Waals surface area contributed by atoms with Gasteiger partial charge in [0.2, 0.25) is 0 Å². The number of aliphatic hydroxyl groups is 1. The number of hydrogen-bond acceptors (Lipinski definition) is 5. The normalized spacial score (nSPS) is 14.7. The molecule has 0 saturated heterocycles. The highest BCUT2D eigenvalue weighted by Crippen LogP contribution is 2.31. The van der Waals surface area contributed by atoms with Crippen molar-refractivity contribution >= 4 is 22.6 Å². The van der Waals surface area contributed by atoms with Gasteiger partial charge in [0, 0.05) is 12.7 Å². The largest absolute Gasteiger partial charge is 0.467 e. The molecule has 0 saturated carbocycles. The number of nitrogens with one attached hydrogen (secondary N) is 1. The molecule has 6 heteroatoms. The molecule has 2 atom stereocenters. The Balaban J connectivity index is 2.43. The van der Waals surface area contributed by atoms with E-state index in [1.165, 1.54) is 14.2 Å². The second-order valence-corrected chi connectivity index (χ2v) is 5.50. The topological polar surface area (TPSA) is 84.9 Å². The number of carbonyl (C=O) groups excluding carboxylic acids is 2. The van der Waals surface area contributed by atoms with E-state index in [9.17, 15) is 14.7 Å². The van der Waals surface area contributed by atoms with Crippen LogP contribution in [0.15, 0.2) is 42.5 Å². The second kappa shape index (κ2) is 7.42. The lowest BCUT2D eigenvalue weighted by Gasteiger charge is -2.30. The van der Waals surface area contributed by atoms with Crippen molar-refractivity contribution in [3.05, 3.63) is 48.0 Å². The van der Waals surface area contributed by atoms with E-state index >= 15 is 0 Å². The van der Waals surface area contributed by atoms with Crippen LogP contribution in [-0.4, -0.2) is 43.9 Å². The van der Waals surface area contributed by atoms with Crippen LogP contribution >= 0.6 is 0 Å². The number of rotatable bonds is 6. The van der Waals surface area contributed by atoms with Crippen molar-refractivity contribution in [2.75, 3.05) is 20.8 Å². The smallest absolute Gasteiger partial charge is 0.330 e. The molecule has 0 heterocycles. The summed E-state index contributed by atoms with van der Waals surface area (Å²) in [5.41, 5.74) is -0.662. The van der Waals surface area contributed by atoms with Gasteiger partial charge in [0.1, 0.15) is 0 Å². The van der Waals surface area contributed by atoms with Crippen molar-refractivity contribution in [1.82, 2.24) is 5.32 Å². The summed E-state index contributed by atoms with van der Waals surface area (Å²) in [5, 5.41) is 13.6. The van der Waals surface area contributed by atoms with Crippen LogP contribution < -0.4 is 5.32 Å². The van der Waals surface area contributed by atoms with Gasteiger partial charge in [-0.25, -0.2) is 4.79 Å². The lowest BCUT2D eigenvalue weighted by molar-refractivity contribution is -0.151. The average Bonchev–Trinajstić information content (AvgIpc) is 2.64. The molecule has 2 aromatic carbocycles. The number of fused-ring (bicyclic) bond motifs is 1. The summed E-state index contributed by atoms with van der Waals surface area (Å²) in [4.78, 5) is 24.4. The molecule has 0 aliphatic carbocycles. The van der Waals surface area contributed by atoms with Gasteiger partial charge in [0.05, 0.1) is 13.7 Å². The van der Waals surface area contributed by atoms with Crippen LogP contribution in [0.4, 0.5) is 0 Å². The van der Waals surface area contributed by atoms with Crippen LogP contribution in [0.3, 0.4) is 0 Å². The Morgan fingerprint density at radius 3 is 2.46 bits per heavy atom. The molecule has 0 spiro atoms. The fraction of sp³-hybridized carbons (Fsp3) is 0.333.